The molecule has 0 unspecified atom stereocenters. The molecule has 2 heterocycles. The second kappa shape index (κ2) is 5.12. The van der Waals surface area contributed by atoms with Crippen LogP contribution in [-0.4, -0.2) is 13.2 Å². The van der Waals surface area contributed by atoms with Crippen molar-refractivity contribution < 1.29 is 9.47 Å². The maximum absolute atomic E-state index is 6.17. The van der Waals surface area contributed by atoms with Gasteiger partial charge in [0.05, 0.1) is 17.6 Å². The van der Waals surface area contributed by atoms with Crippen LogP contribution in [0.25, 0.3) is 11.1 Å². The quantitative estimate of drug-likeness (QED) is 0.790. The van der Waals surface area contributed by atoms with Crippen molar-refractivity contribution in [3.05, 3.63) is 26.9 Å². The van der Waals surface area contributed by atoms with Crippen LogP contribution >= 0.6 is 34.5 Å². The average Bonchev–Trinajstić information content (AvgIpc) is 2.59. The lowest BCUT2D eigenvalue weighted by Crippen LogP contribution is -1.97. The van der Waals surface area contributed by atoms with E-state index < -0.39 is 0 Å². The van der Waals surface area contributed by atoms with Crippen molar-refractivity contribution in [1.82, 2.24) is 0 Å². The Kier molecular flexibility index (Phi) is 3.48. The van der Waals surface area contributed by atoms with Crippen molar-refractivity contribution in [1.29, 1.82) is 0 Å². The van der Waals surface area contributed by atoms with Crippen LogP contribution in [0.3, 0.4) is 0 Å². The van der Waals surface area contributed by atoms with E-state index >= 15 is 0 Å². The molecule has 3 rings (SSSR count). The van der Waals surface area contributed by atoms with Gasteiger partial charge in [-0.2, -0.15) is 0 Å². The molecule has 1 aromatic heterocycles. The molecular formula is C13H11Cl2NO2S. The number of halogens is 2. The van der Waals surface area contributed by atoms with Gasteiger partial charge in [-0.1, -0.05) is 23.2 Å². The molecule has 3 nitrogen and oxygen atoms in total. The largest absolute Gasteiger partial charge is 0.490 e. The third-order valence-corrected chi connectivity index (χ3v) is 4.35. The molecule has 1 aliphatic heterocycles. The molecule has 1 aromatic carbocycles. The molecule has 0 radical (unpaired) electrons. The van der Waals surface area contributed by atoms with Crippen molar-refractivity contribution in [3.63, 3.8) is 0 Å². The Morgan fingerprint density at radius 3 is 2.32 bits per heavy atom. The fraction of sp³-hybridized carbons (Fsp3) is 0.231. The van der Waals surface area contributed by atoms with Crippen LogP contribution in [0.15, 0.2) is 18.2 Å². The number of rotatable bonds is 1. The van der Waals surface area contributed by atoms with Crippen LogP contribution in [0.1, 0.15) is 6.42 Å². The first kappa shape index (κ1) is 12.9. The summed E-state index contributed by atoms with van der Waals surface area (Å²) < 4.78 is 12.5. The molecule has 0 amide bonds. The van der Waals surface area contributed by atoms with Gasteiger partial charge in [0.2, 0.25) is 0 Å². The molecule has 100 valence electrons. The number of hydrogen-bond donors (Lipinski definition) is 1. The van der Waals surface area contributed by atoms with Gasteiger partial charge in [0.25, 0.3) is 0 Å². The summed E-state index contributed by atoms with van der Waals surface area (Å²) in [6, 6.07) is 5.45. The minimum absolute atomic E-state index is 0.598. The second-order valence-corrected chi connectivity index (χ2v) is 6.46. The third-order valence-electron chi connectivity index (χ3n) is 2.87. The molecule has 2 aromatic rings. The number of nitrogen functional groups attached to an aromatic ring is 1. The number of ether oxygens (including phenoxy) is 2. The predicted molar refractivity (Wildman–Crippen MR) is 79.8 cm³/mol. The van der Waals surface area contributed by atoms with Crippen LogP contribution < -0.4 is 15.2 Å². The van der Waals surface area contributed by atoms with Gasteiger partial charge >= 0.3 is 0 Å². The van der Waals surface area contributed by atoms with Gasteiger partial charge in [0, 0.05) is 29.3 Å². The van der Waals surface area contributed by atoms with Gasteiger partial charge in [-0.15, -0.1) is 11.3 Å². The van der Waals surface area contributed by atoms with E-state index in [1.54, 1.807) is 6.07 Å². The second-order valence-electron chi connectivity index (χ2n) is 4.17. The standard InChI is InChI=1S/C13H11Cl2NO2S/c14-12-5-8(13(15)19-12)7-4-10-11(6-9(7)16)18-3-1-2-17-10/h4-6H,1-3,16H2. The fourth-order valence-electron chi connectivity index (χ4n) is 1.98. The van der Waals surface area contributed by atoms with Crippen molar-refractivity contribution in [2.24, 2.45) is 0 Å². The maximum atomic E-state index is 6.17. The summed E-state index contributed by atoms with van der Waals surface area (Å²) in [7, 11) is 0. The number of thiophene rings is 1. The highest BCUT2D eigenvalue weighted by atomic mass is 35.5. The van der Waals surface area contributed by atoms with Crippen molar-refractivity contribution >= 4 is 40.2 Å². The van der Waals surface area contributed by atoms with Gasteiger partial charge in [0.1, 0.15) is 4.34 Å². The Labute approximate surface area is 124 Å². The summed E-state index contributed by atoms with van der Waals surface area (Å²) in [6.07, 6.45) is 0.856. The SMILES string of the molecule is Nc1cc2c(cc1-c1cc(Cl)sc1Cl)OCCCO2. The van der Waals surface area contributed by atoms with Crippen LogP contribution in [0, 0.1) is 0 Å². The molecule has 19 heavy (non-hydrogen) atoms. The van der Waals surface area contributed by atoms with Gasteiger partial charge in [-0.05, 0) is 12.1 Å². The van der Waals surface area contributed by atoms with E-state index in [9.17, 15) is 0 Å². The number of nitrogens with two attached hydrogens (primary N) is 1. The Bertz CT molecular complexity index is 627. The molecule has 0 atom stereocenters. The maximum Gasteiger partial charge on any atom is 0.163 e. The summed E-state index contributed by atoms with van der Waals surface area (Å²) in [4.78, 5) is 0. The van der Waals surface area contributed by atoms with E-state index in [-0.39, 0.29) is 0 Å². The third kappa shape index (κ3) is 2.48. The lowest BCUT2D eigenvalue weighted by Gasteiger charge is -2.11. The number of benzene rings is 1. The first-order valence-electron chi connectivity index (χ1n) is 5.79. The summed E-state index contributed by atoms with van der Waals surface area (Å²) in [5, 5.41) is 0. The first-order chi connectivity index (χ1) is 9.15. The highest BCUT2D eigenvalue weighted by Gasteiger charge is 2.17. The van der Waals surface area contributed by atoms with Gasteiger partial charge in [0.15, 0.2) is 11.5 Å². The number of fused-ring (bicyclic) bond motifs is 1. The molecule has 0 saturated heterocycles. The fourth-order valence-corrected chi connectivity index (χ4v) is 3.47. The van der Waals surface area contributed by atoms with Crippen LogP contribution in [0.5, 0.6) is 11.5 Å². The number of anilines is 1. The molecular weight excluding hydrogens is 305 g/mol. The van der Waals surface area contributed by atoms with Crippen molar-refractivity contribution in [2.75, 3.05) is 18.9 Å². The molecule has 1 aliphatic rings. The van der Waals surface area contributed by atoms with Crippen LogP contribution in [-0.2, 0) is 0 Å². The zero-order chi connectivity index (χ0) is 13.4. The summed E-state index contributed by atoms with van der Waals surface area (Å²) in [5.41, 5.74) is 8.31. The Hall–Kier alpha value is -1.10. The Morgan fingerprint density at radius 2 is 1.68 bits per heavy atom. The van der Waals surface area contributed by atoms with Crippen LogP contribution in [0.4, 0.5) is 5.69 Å². The summed E-state index contributed by atoms with van der Waals surface area (Å²) in [5.74, 6) is 1.37. The summed E-state index contributed by atoms with van der Waals surface area (Å²) >= 11 is 13.5. The normalized spacial score (nSPS) is 14.2. The monoisotopic (exact) mass is 315 g/mol. The van der Waals surface area contributed by atoms with E-state index in [1.807, 2.05) is 12.1 Å². The molecule has 0 fully saturated rings. The minimum Gasteiger partial charge on any atom is -0.490 e. The highest BCUT2D eigenvalue weighted by Crippen LogP contribution is 2.44. The van der Waals surface area contributed by atoms with Gasteiger partial charge in [-0.25, -0.2) is 0 Å². The Morgan fingerprint density at radius 1 is 1.00 bits per heavy atom. The molecule has 0 bridgehead atoms. The summed E-state index contributed by atoms with van der Waals surface area (Å²) in [6.45, 7) is 1.27. The van der Waals surface area contributed by atoms with Crippen molar-refractivity contribution in [3.8, 4) is 22.6 Å². The topological polar surface area (TPSA) is 44.5 Å². The first-order valence-corrected chi connectivity index (χ1v) is 7.36. The number of hydrogen-bond acceptors (Lipinski definition) is 4. The zero-order valence-electron chi connectivity index (χ0n) is 9.91. The van der Waals surface area contributed by atoms with E-state index in [1.165, 1.54) is 11.3 Å². The van der Waals surface area contributed by atoms with E-state index in [0.717, 1.165) is 17.5 Å². The molecule has 0 saturated carbocycles. The molecule has 0 aliphatic carbocycles. The van der Waals surface area contributed by atoms with Crippen molar-refractivity contribution in [2.45, 2.75) is 6.42 Å². The predicted octanol–water partition coefficient (Wildman–Crippen LogP) is 4.47. The highest BCUT2D eigenvalue weighted by molar-refractivity contribution is 7.20. The molecule has 2 N–H and O–H groups in total. The molecule has 6 heteroatoms. The molecule has 0 spiro atoms. The zero-order valence-corrected chi connectivity index (χ0v) is 12.2. The average molecular weight is 316 g/mol. The smallest absolute Gasteiger partial charge is 0.163 e. The lowest BCUT2D eigenvalue weighted by atomic mass is 10.1. The van der Waals surface area contributed by atoms with Crippen LogP contribution in [0.2, 0.25) is 8.67 Å². The minimum atomic E-state index is 0.598. The van der Waals surface area contributed by atoms with Gasteiger partial charge < -0.3 is 15.2 Å². The lowest BCUT2D eigenvalue weighted by molar-refractivity contribution is 0.297. The van der Waals surface area contributed by atoms with Gasteiger partial charge in [-0.3, -0.25) is 0 Å². The van der Waals surface area contributed by atoms with E-state index in [2.05, 4.69) is 0 Å². The van der Waals surface area contributed by atoms with E-state index in [0.29, 0.717) is 39.1 Å². The van der Waals surface area contributed by atoms with E-state index in [4.69, 9.17) is 38.4 Å². The Balaban J connectivity index is 2.12.